The van der Waals surface area contributed by atoms with Gasteiger partial charge in [-0.1, -0.05) is 13.8 Å². The van der Waals surface area contributed by atoms with Gasteiger partial charge in [-0.15, -0.1) is 0 Å². The molecule has 1 aromatic heterocycles. The van der Waals surface area contributed by atoms with Crippen LogP contribution in [0.5, 0.6) is 0 Å². The number of nitrogen functional groups attached to an aromatic ring is 1. The van der Waals surface area contributed by atoms with Crippen molar-refractivity contribution in [2.75, 3.05) is 25.6 Å². The predicted molar refractivity (Wildman–Crippen MR) is 64.0 cm³/mol. The number of anilines is 1. The van der Waals surface area contributed by atoms with Gasteiger partial charge < -0.3 is 15.2 Å². The SMILES string of the molecule is CC(C)COCCOCc1ccnc(N)c1. The van der Waals surface area contributed by atoms with Crippen molar-refractivity contribution in [3.8, 4) is 0 Å². The first kappa shape index (κ1) is 12.9. The molecule has 0 bridgehead atoms. The van der Waals surface area contributed by atoms with Crippen molar-refractivity contribution in [3.05, 3.63) is 23.9 Å². The normalized spacial score (nSPS) is 10.9. The van der Waals surface area contributed by atoms with E-state index in [1.54, 1.807) is 6.20 Å². The fourth-order valence-electron chi connectivity index (χ4n) is 1.21. The van der Waals surface area contributed by atoms with E-state index in [1.165, 1.54) is 0 Å². The lowest BCUT2D eigenvalue weighted by Gasteiger charge is -2.07. The summed E-state index contributed by atoms with van der Waals surface area (Å²) in [5.41, 5.74) is 6.59. The summed E-state index contributed by atoms with van der Waals surface area (Å²) in [6, 6.07) is 3.71. The average molecular weight is 224 g/mol. The Hall–Kier alpha value is -1.13. The largest absolute Gasteiger partial charge is 0.384 e. The average Bonchev–Trinajstić information content (AvgIpc) is 2.23. The van der Waals surface area contributed by atoms with Crippen LogP contribution in [0.2, 0.25) is 0 Å². The number of hydrogen-bond donors (Lipinski definition) is 1. The van der Waals surface area contributed by atoms with Crippen LogP contribution in [-0.2, 0) is 16.1 Å². The minimum atomic E-state index is 0.525. The molecule has 0 aliphatic heterocycles. The zero-order valence-corrected chi connectivity index (χ0v) is 9.98. The first-order chi connectivity index (χ1) is 7.68. The maximum absolute atomic E-state index is 5.55. The van der Waals surface area contributed by atoms with E-state index in [0.29, 0.717) is 31.6 Å². The summed E-state index contributed by atoms with van der Waals surface area (Å²) in [4.78, 5) is 3.91. The summed E-state index contributed by atoms with van der Waals surface area (Å²) in [6.07, 6.45) is 1.68. The van der Waals surface area contributed by atoms with Crippen molar-refractivity contribution < 1.29 is 9.47 Å². The third kappa shape index (κ3) is 5.68. The predicted octanol–water partition coefficient (Wildman–Crippen LogP) is 1.85. The van der Waals surface area contributed by atoms with Gasteiger partial charge in [0.2, 0.25) is 0 Å². The van der Waals surface area contributed by atoms with E-state index in [4.69, 9.17) is 15.2 Å². The molecule has 1 rings (SSSR count). The molecule has 1 aromatic rings. The smallest absolute Gasteiger partial charge is 0.123 e. The van der Waals surface area contributed by atoms with Gasteiger partial charge in [0, 0.05) is 12.8 Å². The Morgan fingerprint density at radius 2 is 2.06 bits per heavy atom. The lowest BCUT2D eigenvalue weighted by atomic mass is 10.2. The number of hydrogen-bond acceptors (Lipinski definition) is 4. The molecule has 0 fully saturated rings. The molecule has 0 radical (unpaired) electrons. The molecule has 0 amide bonds. The van der Waals surface area contributed by atoms with Gasteiger partial charge >= 0.3 is 0 Å². The van der Waals surface area contributed by atoms with Crippen LogP contribution in [0.4, 0.5) is 5.82 Å². The van der Waals surface area contributed by atoms with Crippen molar-refractivity contribution >= 4 is 5.82 Å². The Labute approximate surface area is 96.8 Å². The third-order valence-corrected chi connectivity index (χ3v) is 1.94. The molecule has 90 valence electrons. The van der Waals surface area contributed by atoms with Crippen LogP contribution in [0.1, 0.15) is 19.4 Å². The lowest BCUT2D eigenvalue weighted by Crippen LogP contribution is -2.08. The van der Waals surface area contributed by atoms with Crippen LogP contribution >= 0.6 is 0 Å². The number of pyridine rings is 1. The molecule has 4 nitrogen and oxygen atoms in total. The van der Waals surface area contributed by atoms with E-state index < -0.39 is 0 Å². The molecule has 0 saturated carbocycles. The van der Waals surface area contributed by atoms with Gasteiger partial charge in [-0.05, 0) is 23.6 Å². The Morgan fingerprint density at radius 1 is 1.31 bits per heavy atom. The second-order valence-corrected chi connectivity index (χ2v) is 4.11. The van der Waals surface area contributed by atoms with Crippen LogP contribution in [0.3, 0.4) is 0 Å². The lowest BCUT2D eigenvalue weighted by molar-refractivity contribution is 0.0314. The van der Waals surface area contributed by atoms with E-state index in [-0.39, 0.29) is 0 Å². The van der Waals surface area contributed by atoms with Crippen molar-refractivity contribution in [1.82, 2.24) is 4.98 Å². The van der Waals surface area contributed by atoms with Gasteiger partial charge in [0.25, 0.3) is 0 Å². The first-order valence-corrected chi connectivity index (χ1v) is 5.54. The van der Waals surface area contributed by atoms with E-state index in [9.17, 15) is 0 Å². The quantitative estimate of drug-likeness (QED) is 0.718. The Balaban J connectivity index is 2.07. The summed E-state index contributed by atoms with van der Waals surface area (Å²) >= 11 is 0. The zero-order chi connectivity index (χ0) is 11.8. The van der Waals surface area contributed by atoms with Crippen LogP contribution < -0.4 is 5.73 Å². The molecule has 0 aliphatic rings. The Morgan fingerprint density at radius 3 is 2.75 bits per heavy atom. The highest BCUT2D eigenvalue weighted by atomic mass is 16.5. The molecular formula is C12H20N2O2. The molecular weight excluding hydrogens is 204 g/mol. The maximum atomic E-state index is 5.55. The van der Waals surface area contributed by atoms with Gasteiger partial charge in [0.1, 0.15) is 5.82 Å². The van der Waals surface area contributed by atoms with E-state index >= 15 is 0 Å². The summed E-state index contributed by atoms with van der Waals surface area (Å²) in [5, 5.41) is 0. The maximum Gasteiger partial charge on any atom is 0.123 e. The summed E-state index contributed by atoms with van der Waals surface area (Å²) in [6.45, 7) is 6.83. The fourth-order valence-corrected chi connectivity index (χ4v) is 1.21. The standard InChI is InChI=1S/C12H20N2O2/c1-10(2)8-15-5-6-16-9-11-3-4-14-12(13)7-11/h3-4,7,10H,5-6,8-9H2,1-2H3,(H2,13,14). The molecule has 1 heterocycles. The molecule has 0 saturated heterocycles. The number of rotatable bonds is 7. The van der Waals surface area contributed by atoms with Crippen LogP contribution in [0.25, 0.3) is 0 Å². The Bertz CT molecular complexity index is 303. The molecule has 0 atom stereocenters. The van der Waals surface area contributed by atoms with Gasteiger partial charge in [-0.25, -0.2) is 4.98 Å². The van der Waals surface area contributed by atoms with E-state index in [1.807, 2.05) is 12.1 Å². The number of nitrogens with two attached hydrogens (primary N) is 1. The van der Waals surface area contributed by atoms with Gasteiger partial charge in [0.15, 0.2) is 0 Å². The fraction of sp³-hybridized carbons (Fsp3) is 0.583. The van der Waals surface area contributed by atoms with Crippen molar-refractivity contribution in [2.24, 2.45) is 5.92 Å². The second-order valence-electron chi connectivity index (χ2n) is 4.11. The summed E-state index contributed by atoms with van der Waals surface area (Å²) < 4.78 is 10.8. The first-order valence-electron chi connectivity index (χ1n) is 5.54. The molecule has 0 unspecified atom stereocenters. The minimum absolute atomic E-state index is 0.525. The van der Waals surface area contributed by atoms with Crippen LogP contribution in [0.15, 0.2) is 18.3 Å². The van der Waals surface area contributed by atoms with Crippen LogP contribution in [-0.4, -0.2) is 24.8 Å². The monoisotopic (exact) mass is 224 g/mol. The number of ether oxygens (including phenoxy) is 2. The highest BCUT2D eigenvalue weighted by Crippen LogP contribution is 2.04. The van der Waals surface area contributed by atoms with Gasteiger partial charge in [-0.2, -0.15) is 0 Å². The molecule has 0 spiro atoms. The van der Waals surface area contributed by atoms with Gasteiger partial charge in [0.05, 0.1) is 19.8 Å². The van der Waals surface area contributed by atoms with Crippen molar-refractivity contribution in [1.29, 1.82) is 0 Å². The summed E-state index contributed by atoms with van der Waals surface area (Å²) in [7, 11) is 0. The third-order valence-electron chi connectivity index (χ3n) is 1.94. The van der Waals surface area contributed by atoms with Crippen LogP contribution in [0, 0.1) is 5.92 Å². The second kappa shape index (κ2) is 7.19. The highest BCUT2D eigenvalue weighted by Gasteiger charge is 1.96. The number of nitrogens with zero attached hydrogens (tertiary/aromatic N) is 1. The molecule has 0 aromatic carbocycles. The highest BCUT2D eigenvalue weighted by molar-refractivity contribution is 5.31. The minimum Gasteiger partial charge on any atom is -0.384 e. The van der Waals surface area contributed by atoms with Crippen molar-refractivity contribution in [2.45, 2.75) is 20.5 Å². The van der Waals surface area contributed by atoms with Gasteiger partial charge in [-0.3, -0.25) is 0 Å². The summed E-state index contributed by atoms with van der Waals surface area (Å²) in [5.74, 6) is 1.09. The number of aromatic nitrogens is 1. The topological polar surface area (TPSA) is 57.4 Å². The zero-order valence-electron chi connectivity index (χ0n) is 9.98. The van der Waals surface area contributed by atoms with Crippen molar-refractivity contribution in [3.63, 3.8) is 0 Å². The Kier molecular flexibility index (Phi) is 5.82. The molecule has 16 heavy (non-hydrogen) atoms. The molecule has 0 aliphatic carbocycles. The van der Waals surface area contributed by atoms with E-state index in [0.717, 1.165) is 12.2 Å². The molecule has 4 heteroatoms. The molecule has 2 N–H and O–H groups in total. The van der Waals surface area contributed by atoms with E-state index in [2.05, 4.69) is 18.8 Å².